The van der Waals surface area contributed by atoms with Gasteiger partial charge in [0.1, 0.15) is 0 Å². The Kier molecular flexibility index (Phi) is 6.84. The number of carbonyl (C=O) groups excluding carboxylic acids is 2. The molecule has 1 N–H and O–H groups in total. The van der Waals surface area contributed by atoms with Crippen LogP contribution in [0.15, 0.2) is 0 Å². The van der Waals surface area contributed by atoms with E-state index in [1.54, 1.807) is 4.90 Å². The Morgan fingerprint density at radius 3 is 2.68 bits per heavy atom. The maximum absolute atomic E-state index is 12.3. The van der Waals surface area contributed by atoms with Gasteiger partial charge in [-0.25, -0.2) is 0 Å². The monoisotopic (exact) mass is 270 g/mol. The molecule has 5 heteroatoms. The summed E-state index contributed by atoms with van der Waals surface area (Å²) in [6.45, 7) is 6.31. The van der Waals surface area contributed by atoms with Crippen LogP contribution in [0.25, 0.3) is 0 Å². The molecule has 1 aliphatic heterocycles. The predicted molar refractivity (Wildman–Crippen MR) is 73.7 cm³/mol. The van der Waals surface area contributed by atoms with E-state index in [1.165, 1.54) is 7.11 Å². The summed E-state index contributed by atoms with van der Waals surface area (Å²) >= 11 is 0. The number of ether oxygens (including phenoxy) is 1. The lowest BCUT2D eigenvalue weighted by molar-refractivity contribution is -0.142. The Morgan fingerprint density at radius 2 is 2.16 bits per heavy atom. The zero-order valence-corrected chi connectivity index (χ0v) is 12.3. The largest absolute Gasteiger partial charge is 0.469 e. The lowest BCUT2D eigenvalue weighted by Crippen LogP contribution is -2.39. The van der Waals surface area contributed by atoms with Crippen molar-refractivity contribution in [3.8, 4) is 0 Å². The molecule has 1 amide bonds. The molecule has 0 bridgehead atoms. The van der Waals surface area contributed by atoms with Gasteiger partial charge in [-0.05, 0) is 25.3 Å². The van der Waals surface area contributed by atoms with Crippen LogP contribution in [0.4, 0.5) is 0 Å². The van der Waals surface area contributed by atoms with E-state index in [0.29, 0.717) is 31.5 Å². The number of methoxy groups -OCH3 is 1. The maximum Gasteiger partial charge on any atom is 0.307 e. The Hall–Kier alpha value is -1.10. The second-order valence-electron chi connectivity index (χ2n) is 5.56. The van der Waals surface area contributed by atoms with Gasteiger partial charge in [0.25, 0.3) is 0 Å². The first-order chi connectivity index (χ1) is 9.02. The van der Waals surface area contributed by atoms with Crippen molar-refractivity contribution in [1.82, 2.24) is 10.2 Å². The van der Waals surface area contributed by atoms with E-state index in [1.807, 2.05) is 0 Å². The molecule has 0 radical (unpaired) electrons. The summed E-state index contributed by atoms with van der Waals surface area (Å²) < 4.78 is 4.63. The molecule has 110 valence electrons. The van der Waals surface area contributed by atoms with Crippen molar-refractivity contribution in [2.75, 3.05) is 26.7 Å². The van der Waals surface area contributed by atoms with Gasteiger partial charge < -0.3 is 15.0 Å². The van der Waals surface area contributed by atoms with Gasteiger partial charge in [0.15, 0.2) is 0 Å². The molecule has 5 nitrogen and oxygen atoms in total. The number of hydrogen-bond donors (Lipinski definition) is 1. The summed E-state index contributed by atoms with van der Waals surface area (Å²) in [6, 6.07) is 0.306. The van der Waals surface area contributed by atoms with Crippen LogP contribution in [0, 0.1) is 5.92 Å². The van der Waals surface area contributed by atoms with Gasteiger partial charge >= 0.3 is 5.97 Å². The van der Waals surface area contributed by atoms with Crippen LogP contribution in [0.2, 0.25) is 0 Å². The fraction of sp³-hybridized carbons (Fsp3) is 0.857. The lowest BCUT2D eigenvalue weighted by Gasteiger charge is -2.25. The van der Waals surface area contributed by atoms with Crippen LogP contribution in [0.3, 0.4) is 0 Å². The third-order valence-corrected chi connectivity index (χ3v) is 3.34. The fourth-order valence-corrected chi connectivity index (χ4v) is 2.36. The van der Waals surface area contributed by atoms with E-state index < -0.39 is 0 Å². The van der Waals surface area contributed by atoms with E-state index in [9.17, 15) is 9.59 Å². The van der Waals surface area contributed by atoms with Crippen LogP contribution in [-0.4, -0.2) is 49.6 Å². The highest BCUT2D eigenvalue weighted by Crippen LogP contribution is 2.12. The molecule has 0 aromatic carbocycles. The minimum atomic E-state index is -0.263. The highest BCUT2D eigenvalue weighted by molar-refractivity contribution is 5.78. The smallest absolute Gasteiger partial charge is 0.307 e. The molecule has 0 aromatic rings. The van der Waals surface area contributed by atoms with Crippen LogP contribution in [0.5, 0.6) is 0 Å². The molecule has 0 aliphatic carbocycles. The van der Waals surface area contributed by atoms with E-state index in [-0.39, 0.29) is 18.3 Å². The minimum Gasteiger partial charge on any atom is -0.469 e. The molecule has 1 unspecified atom stereocenters. The second kappa shape index (κ2) is 8.15. The summed E-state index contributed by atoms with van der Waals surface area (Å²) in [6.07, 6.45) is 3.02. The molecule has 0 spiro atoms. The molecule has 1 atom stereocenters. The van der Waals surface area contributed by atoms with Crippen molar-refractivity contribution in [3.63, 3.8) is 0 Å². The molecule has 1 fully saturated rings. The van der Waals surface area contributed by atoms with Crippen LogP contribution >= 0.6 is 0 Å². The number of esters is 1. The van der Waals surface area contributed by atoms with Gasteiger partial charge in [0.05, 0.1) is 13.5 Å². The van der Waals surface area contributed by atoms with Gasteiger partial charge in [-0.2, -0.15) is 0 Å². The molecule has 0 aromatic heterocycles. The van der Waals surface area contributed by atoms with Crippen molar-refractivity contribution in [3.05, 3.63) is 0 Å². The second-order valence-corrected chi connectivity index (χ2v) is 5.56. The number of nitrogens with zero attached hydrogens (tertiary/aromatic N) is 1. The Morgan fingerprint density at radius 1 is 1.42 bits per heavy atom. The van der Waals surface area contributed by atoms with Crippen molar-refractivity contribution in [2.45, 2.75) is 45.6 Å². The van der Waals surface area contributed by atoms with Crippen molar-refractivity contribution >= 4 is 11.9 Å². The zero-order chi connectivity index (χ0) is 14.3. The topological polar surface area (TPSA) is 58.6 Å². The normalized spacial score (nSPS) is 18.6. The number of hydrogen-bond acceptors (Lipinski definition) is 4. The standard InChI is InChI=1S/C14H26N2O3/c1-11(2)10-16(8-6-14(18)19-3)13(17)9-12-5-4-7-15-12/h11-12,15H,4-10H2,1-3H3. The quantitative estimate of drug-likeness (QED) is 0.706. The zero-order valence-electron chi connectivity index (χ0n) is 12.3. The lowest BCUT2D eigenvalue weighted by atomic mass is 10.1. The Bertz CT molecular complexity index is 299. The van der Waals surface area contributed by atoms with E-state index in [0.717, 1.165) is 19.4 Å². The van der Waals surface area contributed by atoms with E-state index >= 15 is 0 Å². The third kappa shape index (κ3) is 6.05. The molecular formula is C14H26N2O3. The number of carbonyl (C=O) groups is 2. The molecular weight excluding hydrogens is 244 g/mol. The van der Waals surface area contributed by atoms with Gasteiger partial charge in [-0.15, -0.1) is 0 Å². The minimum absolute atomic E-state index is 0.136. The Balaban J connectivity index is 2.45. The highest BCUT2D eigenvalue weighted by Gasteiger charge is 2.22. The average molecular weight is 270 g/mol. The fourth-order valence-electron chi connectivity index (χ4n) is 2.36. The first-order valence-electron chi connectivity index (χ1n) is 7.11. The van der Waals surface area contributed by atoms with Crippen LogP contribution < -0.4 is 5.32 Å². The summed E-state index contributed by atoms with van der Waals surface area (Å²) in [5.74, 6) is 0.274. The molecule has 1 rings (SSSR count). The highest BCUT2D eigenvalue weighted by atomic mass is 16.5. The summed E-state index contributed by atoms with van der Waals surface area (Å²) in [5.41, 5.74) is 0. The summed E-state index contributed by atoms with van der Waals surface area (Å²) in [4.78, 5) is 25.3. The first kappa shape index (κ1) is 16.0. The van der Waals surface area contributed by atoms with Crippen molar-refractivity contribution in [2.24, 2.45) is 5.92 Å². The van der Waals surface area contributed by atoms with Gasteiger partial charge in [0.2, 0.25) is 5.91 Å². The molecule has 0 saturated carbocycles. The maximum atomic E-state index is 12.3. The molecule has 1 heterocycles. The molecule has 19 heavy (non-hydrogen) atoms. The molecule has 1 saturated heterocycles. The van der Waals surface area contributed by atoms with Crippen LogP contribution in [-0.2, 0) is 14.3 Å². The first-order valence-corrected chi connectivity index (χ1v) is 7.11. The van der Waals surface area contributed by atoms with E-state index in [4.69, 9.17) is 0 Å². The summed E-state index contributed by atoms with van der Waals surface area (Å²) in [5, 5.41) is 3.33. The van der Waals surface area contributed by atoms with Gasteiger partial charge in [-0.1, -0.05) is 13.8 Å². The predicted octanol–water partition coefficient (Wildman–Crippen LogP) is 1.18. The number of nitrogens with one attached hydrogen (secondary N) is 1. The van der Waals surface area contributed by atoms with Crippen molar-refractivity contribution in [1.29, 1.82) is 0 Å². The molecule has 1 aliphatic rings. The van der Waals surface area contributed by atoms with Crippen LogP contribution in [0.1, 0.15) is 39.5 Å². The SMILES string of the molecule is COC(=O)CCN(CC(C)C)C(=O)CC1CCCN1. The van der Waals surface area contributed by atoms with Gasteiger partial charge in [0, 0.05) is 25.6 Å². The Labute approximate surface area is 115 Å². The van der Waals surface area contributed by atoms with E-state index in [2.05, 4.69) is 23.9 Å². The third-order valence-electron chi connectivity index (χ3n) is 3.34. The number of rotatable bonds is 7. The average Bonchev–Trinajstić information content (AvgIpc) is 2.86. The summed E-state index contributed by atoms with van der Waals surface area (Å²) in [7, 11) is 1.37. The van der Waals surface area contributed by atoms with Crippen molar-refractivity contribution < 1.29 is 14.3 Å². The van der Waals surface area contributed by atoms with Gasteiger partial charge in [-0.3, -0.25) is 9.59 Å². The number of amides is 1.